The van der Waals surface area contributed by atoms with Gasteiger partial charge in [0, 0.05) is 6.07 Å². The molecule has 0 heterocycles. The normalized spacial score (nSPS) is 11.4. The Hall–Kier alpha value is -2.82. The fourth-order valence-corrected chi connectivity index (χ4v) is 5.53. The molecule has 0 unspecified atom stereocenters. The van der Waals surface area contributed by atoms with Crippen molar-refractivity contribution in [2.75, 3.05) is 30.8 Å². The second kappa shape index (κ2) is 9.33. The van der Waals surface area contributed by atoms with Gasteiger partial charge in [0.05, 0.1) is 12.3 Å². The minimum absolute atomic E-state index is 0.0387. The summed E-state index contributed by atoms with van der Waals surface area (Å²) in [5.41, 5.74) is -0.498. The quantitative estimate of drug-likeness (QED) is 0.553. The first-order valence-corrected chi connectivity index (χ1v) is 13.0. The van der Waals surface area contributed by atoms with Crippen LogP contribution in [0.25, 0.3) is 0 Å². The van der Waals surface area contributed by atoms with E-state index in [1.54, 1.807) is 26.0 Å². The largest absolute Gasteiger partial charge is 0.492 e. The number of carbonyl (C=O) groups excluding carboxylic acids is 1. The molecule has 0 aromatic heterocycles. The Bertz CT molecular complexity index is 1130. The number of aryl methyl sites for hydroxylation is 1. The van der Waals surface area contributed by atoms with Crippen LogP contribution in [0.3, 0.4) is 0 Å². The highest BCUT2D eigenvalue weighted by molar-refractivity contribution is 7.96. The number of hydrogen-bond acceptors (Lipinski definition) is 7. The van der Waals surface area contributed by atoms with Crippen molar-refractivity contribution in [3.63, 3.8) is 0 Å². The summed E-state index contributed by atoms with van der Waals surface area (Å²) in [6.45, 7) is 5.76. The maximum Gasteiger partial charge on any atom is 0.298 e. The van der Waals surface area contributed by atoms with Crippen LogP contribution in [0.5, 0.6) is 11.5 Å². The Morgan fingerprint density at radius 2 is 1.83 bits per heavy atom. The van der Waals surface area contributed by atoms with Crippen molar-refractivity contribution in [1.29, 1.82) is 5.26 Å². The second-order valence-electron chi connectivity index (χ2n) is 6.73. The van der Waals surface area contributed by atoms with E-state index in [1.165, 1.54) is 43.7 Å². The third-order valence-corrected chi connectivity index (χ3v) is 6.88. The monoisotopic (exact) mass is 450 g/mol. The summed E-state index contributed by atoms with van der Waals surface area (Å²) in [5.74, 6) is 0.285. The van der Waals surface area contributed by atoms with Gasteiger partial charge in [-0.25, -0.2) is 8.42 Å². The fraction of sp³-hybridized carbons (Fsp3) is 0.300. The molecular weight excluding hydrogens is 427 g/mol. The van der Waals surface area contributed by atoms with Crippen molar-refractivity contribution < 1.29 is 27.3 Å². The van der Waals surface area contributed by atoms with E-state index in [0.717, 1.165) is 0 Å². The highest BCUT2D eigenvalue weighted by Crippen LogP contribution is 2.44. The van der Waals surface area contributed by atoms with Gasteiger partial charge in [0.2, 0.25) is 0 Å². The van der Waals surface area contributed by atoms with Crippen LogP contribution < -0.4 is 13.8 Å². The minimum Gasteiger partial charge on any atom is -0.492 e. The lowest BCUT2D eigenvalue weighted by molar-refractivity contribution is 0.265. The van der Waals surface area contributed by atoms with Gasteiger partial charge in [-0.1, -0.05) is 12.1 Å². The molecule has 0 bridgehead atoms. The summed E-state index contributed by atoms with van der Waals surface area (Å²) in [7, 11) is -7.98. The highest BCUT2D eigenvalue weighted by Gasteiger charge is 2.39. The third-order valence-electron chi connectivity index (χ3n) is 3.88. The Balaban J connectivity index is 2.75. The number of para-hydroxylation sites is 1. The van der Waals surface area contributed by atoms with Crippen LogP contribution in [-0.2, 0) is 14.6 Å². The molecule has 8 nitrogen and oxygen atoms in total. The summed E-state index contributed by atoms with van der Waals surface area (Å²) in [4.78, 5) is 12.8. The van der Waals surface area contributed by atoms with Gasteiger partial charge in [0.1, 0.15) is 22.5 Å². The topological polar surface area (TPSA) is 114 Å². The second-order valence-corrected chi connectivity index (χ2v) is 11.6. The molecule has 2 aromatic carbocycles. The summed E-state index contributed by atoms with van der Waals surface area (Å²) in [6.07, 6.45) is 0. The van der Waals surface area contributed by atoms with Crippen molar-refractivity contribution in [3.8, 4) is 17.6 Å². The Labute approximate surface area is 176 Å². The summed E-state index contributed by atoms with van der Waals surface area (Å²) in [6, 6.07) is 12.1. The average Bonchev–Trinajstić information content (AvgIpc) is 2.66. The molecule has 10 heteroatoms. The summed E-state index contributed by atoms with van der Waals surface area (Å²) in [5, 5.41) is 8.74. The Morgan fingerprint density at radius 1 is 1.17 bits per heavy atom. The van der Waals surface area contributed by atoms with E-state index in [0.29, 0.717) is 9.87 Å². The number of nitriles is 1. The maximum absolute atomic E-state index is 13.6. The molecule has 2 aromatic rings. The van der Waals surface area contributed by atoms with E-state index in [2.05, 4.69) is 0 Å². The van der Waals surface area contributed by atoms with Gasteiger partial charge in [0.25, 0.3) is 15.7 Å². The van der Waals surface area contributed by atoms with Gasteiger partial charge in [-0.3, -0.25) is 4.79 Å². The lowest BCUT2D eigenvalue weighted by Gasteiger charge is -2.26. The molecule has 30 heavy (non-hydrogen) atoms. The number of carbonyl (C=O) groups is 1. The molecule has 0 saturated carbocycles. The zero-order chi connectivity index (χ0) is 22.5. The number of benzene rings is 2. The summed E-state index contributed by atoms with van der Waals surface area (Å²) < 4.78 is 51.0. The molecule has 0 fully saturated rings. The molecular formula is C20H23N2O6PS. The molecule has 0 spiro atoms. The van der Waals surface area contributed by atoms with Crippen LogP contribution >= 0.6 is 7.14 Å². The number of ether oxygens (including phenoxy) is 2. The molecule has 0 aliphatic carbocycles. The maximum atomic E-state index is 13.6. The van der Waals surface area contributed by atoms with Gasteiger partial charge < -0.3 is 14.0 Å². The van der Waals surface area contributed by atoms with Crippen molar-refractivity contribution in [1.82, 2.24) is 0 Å². The summed E-state index contributed by atoms with van der Waals surface area (Å²) >= 11 is 0. The van der Waals surface area contributed by atoms with Crippen molar-refractivity contribution in [2.45, 2.75) is 18.7 Å². The number of sulfonamides is 1. The average molecular weight is 450 g/mol. The van der Waals surface area contributed by atoms with Crippen molar-refractivity contribution in [3.05, 3.63) is 48.0 Å². The molecule has 160 valence electrons. The van der Waals surface area contributed by atoms with Crippen molar-refractivity contribution in [2.24, 2.45) is 0 Å². The predicted octanol–water partition coefficient (Wildman–Crippen LogP) is 4.23. The van der Waals surface area contributed by atoms with Gasteiger partial charge >= 0.3 is 0 Å². The van der Waals surface area contributed by atoms with Gasteiger partial charge in [-0.15, -0.1) is 0 Å². The first-order chi connectivity index (χ1) is 14.0. The van der Waals surface area contributed by atoms with Crippen molar-refractivity contribution >= 4 is 28.5 Å². The van der Waals surface area contributed by atoms with E-state index in [1.807, 2.05) is 6.07 Å². The zero-order valence-corrected chi connectivity index (χ0v) is 18.9. The van der Waals surface area contributed by atoms with E-state index < -0.39 is 22.8 Å². The molecule has 0 atom stereocenters. The van der Waals surface area contributed by atoms with Gasteiger partial charge in [0.15, 0.2) is 13.7 Å². The fourth-order valence-electron chi connectivity index (χ4n) is 2.65. The van der Waals surface area contributed by atoms with Gasteiger partial charge in [-0.2, -0.15) is 9.57 Å². The first-order valence-electron chi connectivity index (χ1n) is 9.00. The zero-order valence-electron chi connectivity index (χ0n) is 17.2. The molecule has 0 radical (unpaired) electrons. The van der Waals surface area contributed by atoms with E-state index in [-0.39, 0.29) is 35.3 Å². The van der Waals surface area contributed by atoms with E-state index >= 15 is 0 Å². The number of nitrogens with zero attached hydrogens (tertiary/aromatic N) is 2. The molecule has 0 N–H and O–H groups in total. The third kappa shape index (κ3) is 5.21. The molecule has 0 saturated heterocycles. The smallest absolute Gasteiger partial charge is 0.298 e. The minimum atomic E-state index is -4.48. The van der Waals surface area contributed by atoms with E-state index in [9.17, 15) is 17.8 Å². The Kier molecular flexibility index (Phi) is 7.30. The molecule has 2 rings (SSSR count). The molecule has 0 aliphatic heterocycles. The lowest BCUT2D eigenvalue weighted by Crippen LogP contribution is -2.36. The SMILES string of the molecule is CCOc1ccccc1S(=O)(=O)N(C(=O)P(C)(C)=O)c1cc(C)cc(OCC#N)c1. The Morgan fingerprint density at radius 3 is 2.43 bits per heavy atom. The first kappa shape index (κ1) is 23.5. The van der Waals surface area contributed by atoms with E-state index in [4.69, 9.17) is 14.7 Å². The van der Waals surface area contributed by atoms with Crippen LogP contribution in [0, 0.1) is 18.3 Å². The lowest BCUT2D eigenvalue weighted by atomic mass is 10.2. The van der Waals surface area contributed by atoms with Crippen LogP contribution in [0.4, 0.5) is 10.5 Å². The highest BCUT2D eigenvalue weighted by atomic mass is 32.2. The number of anilines is 1. The van der Waals surface area contributed by atoms with Crippen LogP contribution in [-0.4, -0.2) is 40.6 Å². The molecule has 1 amide bonds. The number of amides is 1. The number of rotatable bonds is 8. The molecule has 0 aliphatic rings. The number of hydrogen-bond donors (Lipinski definition) is 0. The van der Waals surface area contributed by atoms with Gasteiger partial charge in [-0.05, 0) is 57.0 Å². The standard InChI is InChI=1S/C20H23N2O6PS/c1-5-27-18-8-6-7-9-19(18)30(25,26)22(20(23)29(3,4)24)16-12-15(2)13-17(14-16)28-11-10-21/h6-9,12-14H,5,11H2,1-4H3. The predicted molar refractivity (Wildman–Crippen MR) is 114 cm³/mol. The van der Waals surface area contributed by atoms with Crippen LogP contribution in [0.15, 0.2) is 47.4 Å². The van der Waals surface area contributed by atoms with Crippen LogP contribution in [0.2, 0.25) is 0 Å². The van der Waals surface area contributed by atoms with Crippen LogP contribution in [0.1, 0.15) is 12.5 Å².